The van der Waals surface area contributed by atoms with Crippen LogP contribution < -0.4 is 5.32 Å². The van der Waals surface area contributed by atoms with Gasteiger partial charge in [0, 0.05) is 0 Å². The maximum Gasteiger partial charge on any atom is 0.326 e. The molecule has 4 heteroatoms. The van der Waals surface area contributed by atoms with Crippen molar-refractivity contribution >= 4 is 11.7 Å². The standard InChI is InChI=1S/C11H15NO3/c1-7(2)10(11(14)15)12-8-5-3-4-6-9(8)13/h3-7,10,12-13H,1-2H3,(H,14,15). The number of carboxylic acids is 1. The van der Waals surface area contributed by atoms with Gasteiger partial charge in [0.15, 0.2) is 0 Å². The molecule has 0 aliphatic carbocycles. The number of hydrogen-bond donors (Lipinski definition) is 3. The first-order valence-corrected chi connectivity index (χ1v) is 4.79. The van der Waals surface area contributed by atoms with Crippen LogP contribution in [0.15, 0.2) is 24.3 Å². The Balaban J connectivity index is 2.84. The fourth-order valence-corrected chi connectivity index (χ4v) is 1.28. The molecule has 1 rings (SSSR count). The quantitative estimate of drug-likeness (QED) is 0.662. The summed E-state index contributed by atoms with van der Waals surface area (Å²) in [4.78, 5) is 10.9. The van der Waals surface area contributed by atoms with Crippen LogP contribution in [0.3, 0.4) is 0 Å². The van der Waals surface area contributed by atoms with Crippen molar-refractivity contribution in [2.45, 2.75) is 19.9 Å². The van der Waals surface area contributed by atoms with E-state index in [1.807, 2.05) is 13.8 Å². The zero-order valence-electron chi connectivity index (χ0n) is 8.77. The number of aliphatic carboxylic acids is 1. The molecule has 0 aliphatic rings. The van der Waals surface area contributed by atoms with Gasteiger partial charge in [0.2, 0.25) is 0 Å². The van der Waals surface area contributed by atoms with E-state index >= 15 is 0 Å². The highest BCUT2D eigenvalue weighted by atomic mass is 16.4. The van der Waals surface area contributed by atoms with Gasteiger partial charge in [-0.2, -0.15) is 0 Å². The average Bonchev–Trinajstić information content (AvgIpc) is 2.15. The third kappa shape index (κ3) is 2.87. The second-order valence-corrected chi connectivity index (χ2v) is 3.72. The molecule has 0 saturated heterocycles. The highest BCUT2D eigenvalue weighted by molar-refractivity contribution is 5.78. The molecule has 0 saturated carbocycles. The Labute approximate surface area is 88.6 Å². The van der Waals surface area contributed by atoms with Gasteiger partial charge in [-0.1, -0.05) is 26.0 Å². The van der Waals surface area contributed by atoms with E-state index in [1.54, 1.807) is 18.2 Å². The summed E-state index contributed by atoms with van der Waals surface area (Å²) in [6.45, 7) is 3.62. The topological polar surface area (TPSA) is 69.6 Å². The highest BCUT2D eigenvalue weighted by Gasteiger charge is 2.21. The van der Waals surface area contributed by atoms with E-state index in [0.29, 0.717) is 5.69 Å². The van der Waals surface area contributed by atoms with Crippen molar-refractivity contribution in [3.63, 3.8) is 0 Å². The molecule has 1 aromatic rings. The molecule has 0 radical (unpaired) electrons. The van der Waals surface area contributed by atoms with Crippen LogP contribution in [0, 0.1) is 5.92 Å². The average molecular weight is 209 g/mol. The van der Waals surface area contributed by atoms with Gasteiger partial charge in [-0.15, -0.1) is 0 Å². The molecular formula is C11H15NO3. The van der Waals surface area contributed by atoms with Gasteiger partial charge in [-0.05, 0) is 18.1 Å². The lowest BCUT2D eigenvalue weighted by atomic mass is 10.0. The molecule has 82 valence electrons. The van der Waals surface area contributed by atoms with Gasteiger partial charge in [-0.3, -0.25) is 0 Å². The van der Waals surface area contributed by atoms with Crippen LogP contribution in [0.25, 0.3) is 0 Å². The molecular weight excluding hydrogens is 194 g/mol. The van der Waals surface area contributed by atoms with E-state index in [9.17, 15) is 9.90 Å². The Morgan fingerprint density at radius 3 is 2.40 bits per heavy atom. The minimum Gasteiger partial charge on any atom is -0.506 e. The molecule has 0 fully saturated rings. The lowest BCUT2D eigenvalue weighted by Crippen LogP contribution is -2.34. The number of hydrogen-bond acceptors (Lipinski definition) is 3. The Morgan fingerprint density at radius 1 is 1.33 bits per heavy atom. The Kier molecular flexibility index (Phi) is 3.55. The number of anilines is 1. The lowest BCUT2D eigenvalue weighted by molar-refractivity contribution is -0.138. The van der Waals surface area contributed by atoms with Crippen LogP contribution in [0.2, 0.25) is 0 Å². The van der Waals surface area contributed by atoms with Crippen molar-refractivity contribution in [3.05, 3.63) is 24.3 Å². The van der Waals surface area contributed by atoms with E-state index in [0.717, 1.165) is 0 Å². The molecule has 0 aliphatic heterocycles. The summed E-state index contributed by atoms with van der Waals surface area (Å²) in [6.07, 6.45) is 0. The monoisotopic (exact) mass is 209 g/mol. The van der Waals surface area contributed by atoms with Gasteiger partial charge in [0.1, 0.15) is 11.8 Å². The second kappa shape index (κ2) is 4.68. The SMILES string of the molecule is CC(C)C(Nc1ccccc1O)C(=O)O. The van der Waals surface area contributed by atoms with Crippen LogP contribution in [0.5, 0.6) is 5.75 Å². The molecule has 0 heterocycles. The molecule has 1 atom stereocenters. The highest BCUT2D eigenvalue weighted by Crippen LogP contribution is 2.23. The van der Waals surface area contributed by atoms with Gasteiger partial charge >= 0.3 is 5.97 Å². The summed E-state index contributed by atoms with van der Waals surface area (Å²) in [6, 6.07) is 5.89. The number of nitrogens with one attached hydrogen (secondary N) is 1. The zero-order valence-corrected chi connectivity index (χ0v) is 8.77. The fraction of sp³-hybridized carbons (Fsp3) is 0.364. The third-order valence-corrected chi connectivity index (χ3v) is 2.15. The van der Waals surface area contributed by atoms with Gasteiger partial charge < -0.3 is 15.5 Å². The predicted octanol–water partition coefficient (Wildman–Crippen LogP) is 1.91. The summed E-state index contributed by atoms with van der Waals surface area (Å²) < 4.78 is 0. The van der Waals surface area contributed by atoms with Crippen LogP contribution in [-0.2, 0) is 4.79 Å². The molecule has 0 aromatic heterocycles. The number of phenolic OH excluding ortho intramolecular Hbond substituents is 1. The zero-order chi connectivity index (χ0) is 11.4. The van der Waals surface area contributed by atoms with Crippen molar-refractivity contribution < 1.29 is 15.0 Å². The van der Waals surface area contributed by atoms with Crippen LogP contribution in [0.1, 0.15) is 13.8 Å². The van der Waals surface area contributed by atoms with E-state index in [1.165, 1.54) is 6.07 Å². The molecule has 4 nitrogen and oxygen atoms in total. The number of benzene rings is 1. The Bertz CT molecular complexity index is 349. The van der Waals surface area contributed by atoms with Crippen LogP contribution in [0.4, 0.5) is 5.69 Å². The molecule has 0 spiro atoms. The van der Waals surface area contributed by atoms with E-state index in [2.05, 4.69) is 5.32 Å². The number of rotatable bonds is 4. The number of phenols is 1. The van der Waals surface area contributed by atoms with Crippen molar-refractivity contribution in [3.8, 4) is 5.75 Å². The van der Waals surface area contributed by atoms with Gasteiger partial charge in [-0.25, -0.2) is 4.79 Å². The number of carbonyl (C=O) groups is 1. The molecule has 1 unspecified atom stereocenters. The minimum absolute atomic E-state index is 0.0536. The molecule has 0 bridgehead atoms. The van der Waals surface area contributed by atoms with Gasteiger partial charge in [0.25, 0.3) is 0 Å². The van der Waals surface area contributed by atoms with Crippen LogP contribution >= 0.6 is 0 Å². The summed E-state index contributed by atoms with van der Waals surface area (Å²) in [7, 11) is 0. The summed E-state index contributed by atoms with van der Waals surface area (Å²) in [5.74, 6) is -0.917. The summed E-state index contributed by atoms with van der Waals surface area (Å²) in [5, 5.41) is 21.2. The molecule has 0 amide bonds. The van der Waals surface area contributed by atoms with E-state index < -0.39 is 12.0 Å². The number of para-hydroxylation sites is 2. The largest absolute Gasteiger partial charge is 0.506 e. The Morgan fingerprint density at radius 2 is 1.93 bits per heavy atom. The van der Waals surface area contributed by atoms with Crippen molar-refractivity contribution in [1.82, 2.24) is 0 Å². The first kappa shape index (κ1) is 11.4. The van der Waals surface area contributed by atoms with E-state index in [-0.39, 0.29) is 11.7 Å². The molecule has 1 aromatic carbocycles. The van der Waals surface area contributed by atoms with Crippen LogP contribution in [-0.4, -0.2) is 22.2 Å². The fourth-order valence-electron chi connectivity index (χ4n) is 1.28. The second-order valence-electron chi connectivity index (χ2n) is 3.72. The molecule has 15 heavy (non-hydrogen) atoms. The first-order chi connectivity index (χ1) is 7.02. The predicted molar refractivity (Wildman–Crippen MR) is 58.0 cm³/mol. The van der Waals surface area contributed by atoms with Gasteiger partial charge in [0.05, 0.1) is 5.69 Å². The summed E-state index contributed by atoms with van der Waals surface area (Å²) in [5.41, 5.74) is 0.443. The Hall–Kier alpha value is -1.71. The maximum absolute atomic E-state index is 10.9. The third-order valence-electron chi connectivity index (χ3n) is 2.15. The maximum atomic E-state index is 10.9. The number of aromatic hydroxyl groups is 1. The minimum atomic E-state index is -0.923. The number of carboxylic acid groups (broad SMARTS) is 1. The lowest BCUT2D eigenvalue weighted by Gasteiger charge is -2.19. The van der Waals surface area contributed by atoms with E-state index in [4.69, 9.17) is 5.11 Å². The van der Waals surface area contributed by atoms with Crippen molar-refractivity contribution in [2.75, 3.05) is 5.32 Å². The summed E-state index contributed by atoms with van der Waals surface area (Å²) >= 11 is 0. The van der Waals surface area contributed by atoms with Crippen molar-refractivity contribution in [1.29, 1.82) is 0 Å². The van der Waals surface area contributed by atoms with Crippen molar-refractivity contribution in [2.24, 2.45) is 5.92 Å². The normalized spacial score (nSPS) is 12.5. The molecule has 3 N–H and O–H groups in total. The first-order valence-electron chi connectivity index (χ1n) is 4.79. The smallest absolute Gasteiger partial charge is 0.326 e.